The smallest absolute Gasteiger partial charge is 0.00900 e. The number of hydrogen-bond acceptors (Lipinski definition) is 1. The van der Waals surface area contributed by atoms with Crippen molar-refractivity contribution in [2.75, 3.05) is 6.54 Å². The van der Waals surface area contributed by atoms with E-state index < -0.39 is 0 Å². The van der Waals surface area contributed by atoms with Gasteiger partial charge in [-0.2, -0.15) is 0 Å². The van der Waals surface area contributed by atoms with E-state index in [1.54, 1.807) is 0 Å². The predicted molar refractivity (Wildman–Crippen MR) is 107 cm³/mol. The average molecular weight is 326 g/mol. The first kappa shape index (κ1) is 23.0. The molecule has 23 heavy (non-hydrogen) atoms. The van der Waals surface area contributed by atoms with Crippen molar-refractivity contribution in [3.05, 3.63) is 0 Å². The zero-order valence-corrected chi connectivity index (χ0v) is 17.0. The monoisotopic (exact) mass is 325 g/mol. The van der Waals surface area contributed by atoms with Crippen molar-refractivity contribution in [3.8, 4) is 0 Å². The molecule has 1 nitrogen and oxygen atoms in total. The van der Waals surface area contributed by atoms with Crippen molar-refractivity contribution in [1.82, 2.24) is 5.32 Å². The zero-order chi connectivity index (χ0) is 17.2. The van der Waals surface area contributed by atoms with Crippen LogP contribution in [0.15, 0.2) is 0 Å². The molecule has 140 valence electrons. The molecule has 0 rings (SSSR count). The summed E-state index contributed by atoms with van der Waals surface area (Å²) in [5, 5.41) is 3.71. The minimum atomic E-state index is 0.739. The molecule has 0 aromatic carbocycles. The van der Waals surface area contributed by atoms with Crippen molar-refractivity contribution in [1.29, 1.82) is 0 Å². The minimum absolute atomic E-state index is 0.739. The van der Waals surface area contributed by atoms with E-state index in [2.05, 4.69) is 33.0 Å². The predicted octanol–water partition coefficient (Wildman–Crippen LogP) is 7.49. The molecule has 0 aromatic rings. The second-order valence-corrected chi connectivity index (χ2v) is 7.84. The Labute approximate surface area is 148 Å². The second-order valence-electron chi connectivity index (χ2n) is 7.84. The van der Waals surface area contributed by atoms with Crippen LogP contribution in [0, 0.1) is 5.92 Å². The molecule has 1 heteroatoms. The van der Waals surface area contributed by atoms with Crippen LogP contribution in [0.2, 0.25) is 0 Å². The first-order chi connectivity index (χ1) is 11.2. The van der Waals surface area contributed by atoms with Gasteiger partial charge in [0.25, 0.3) is 0 Å². The van der Waals surface area contributed by atoms with Gasteiger partial charge in [-0.15, -0.1) is 0 Å². The highest BCUT2D eigenvalue weighted by Crippen LogP contribution is 2.15. The topological polar surface area (TPSA) is 12.0 Å². The molecule has 0 saturated heterocycles. The first-order valence-electron chi connectivity index (χ1n) is 11.0. The number of nitrogens with one attached hydrogen (secondary N) is 1. The second kappa shape index (κ2) is 18.3. The Morgan fingerprint density at radius 3 is 1.39 bits per heavy atom. The molecule has 0 bridgehead atoms. The summed E-state index contributed by atoms with van der Waals surface area (Å²) in [5.74, 6) is 0.777. The van der Waals surface area contributed by atoms with E-state index >= 15 is 0 Å². The molecular weight excluding hydrogens is 278 g/mol. The Kier molecular flexibility index (Phi) is 18.3. The van der Waals surface area contributed by atoms with Crippen LogP contribution in [0.4, 0.5) is 0 Å². The van der Waals surface area contributed by atoms with Gasteiger partial charge in [-0.3, -0.25) is 0 Å². The van der Waals surface area contributed by atoms with Gasteiger partial charge in [0.05, 0.1) is 0 Å². The van der Waals surface area contributed by atoms with Crippen LogP contribution in [0.5, 0.6) is 0 Å². The summed E-state index contributed by atoms with van der Waals surface area (Å²) in [6.45, 7) is 10.5. The molecule has 0 aliphatic rings. The van der Waals surface area contributed by atoms with Gasteiger partial charge in [-0.25, -0.2) is 0 Å². The molecule has 1 unspecified atom stereocenters. The lowest BCUT2D eigenvalue weighted by atomic mass is 9.97. The van der Waals surface area contributed by atoms with Crippen molar-refractivity contribution < 1.29 is 0 Å². The maximum absolute atomic E-state index is 3.71. The third-order valence-corrected chi connectivity index (χ3v) is 5.08. The van der Waals surface area contributed by atoms with Gasteiger partial charge in [0.2, 0.25) is 0 Å². The summed E-state index contributed by atoms with van der Waals surface area (Å²) in [6.07, 6.45) is 21.5. The maximum atomic E-state index is 3.71. The van der Waals surface area contributed by atoms with Crippen LogP contribution in [0.1, 0.15) is 124 Å². The summed E-state index contributed by atoms with van der Waals surface area (Å²) in [4.78, 5) is 0. The van der Waals surface area contributed by atoms with E-state index in [-0.39, 0.29) is 0 Å². The lowest BCUT2D eigenvalue weighted by Crippen LogP contribution is -2.34. The lowest BCUT2D eigenvalue weighted by molar-refractivity contribution is 0.364. The Balaban J connectivity index is 3.25. The summed E-state index contributed by atoms with van der Waals surface area (Å²) in [6, 6.07) is 0.739. The third kappa shape index (κ3) is 16.6. The van der Waals surface area contributed by atoms with Crippen molar-refractivity contribution in [3.63, 3.8) is 0 Å². The number of rotatable bonds is 18. The number of hydrogen-bond donors (Lipinski definition) is 1. The van der Waals surface area contributed by atoms with Gasteiger partial charge in [0.15, 0.2) is 0 Å². The fourth-order valence-electron chi connectivity index (χ4n) is 3.38. The van der Waals surface area contributed by atoms with Crippen molar-refractivity contribution in [2.24, 2.45) is 5.92 Å². The Morgan fingerprint density at radius 1 is 0.565 bits per heavy atom. The summed E-state index contributed by atoms with van der Waals surface area (Å²) in [7, 11) is 0. The number of unbranched alkanes of at least 4 members (excludes halogenated alkanes) is 12. The molecule has 0 saturated carbocycles. The first-order valence-corrected chi connectivity index (χ1v) is 11.0. The van der Waals surface area contributed by atoms with Gasteiger partial charge in [0, 0.05) is 6.04 Å². The fourth-order valence-corrected chi connectivity index (χ4v) is 3.38. The van der Waals surface area contributed by atoms with Crippen LogP contribution in [-0.4, -0.2) is 12.6 Å². The molecule has 0 spiro atoms. The summed E-state index contributed by atoms with van der Waals surface area (Å²) in [5.41, 5.74) is 0. The minimum Gasteiger partial charge on any atom is -0.314 e. The van der Waals surface area contributed by atoms with Gasteiger partial charge in [-0.05, 0) is 25.3 Å². The normalized spacial score (nSPS) is 12.9. The molecule has 0 aromatic heterocycles. The molecule has 1 N–H and O–H groups in total. The fraction of sp³-hybridized carbons (Fsp3) is 1.00. The van der Waals surface area contributed by atoms with E-state index in [0.717, 1.165) is 12.0 Å². The van der Waals surface area contributed by atoms with Gasteiger partial charge >= 0.3 is 0 Å². The highest BCUT2D eigenvalue weighted by atomic mass is 14.9. The van der Waals surface area contributed by atoms with Crippen molar-refractivity contribution in [2.45, 2.75) is 130 Å². The van der Waals surface area contributed by atoms with E-state index in [9.17, 15) is 0 Å². The lowest BCUT2D eigenvalue weighted by Gasteiger charge is -2.22. The molecule has 0 amide bonds. The summed E-state index contributed by atoms with van der Waals surface area (Å²) >= 11 is 0. The molecule has 0 aliphatic heterocycles. The van der Waals surface area contributed by atoms with E-state index in [0.29, 0.717) is 0 Å². The quantitative estimate of drug-likeness (QED) is 0.257. The maximum Gasteiger partial charge on any atom is 0.00900 e. The Morgan fingerprint density at radius 2 is 1.00 bits per heavy atom. The Hall–Kier alpha value is -0.0400. The molecule has 0 fully saturated rings. The van der Waals surface area contributed by atoms with E-state index in [1.165, 1.54) is 103 Å². The molecule has 0 heterocycles. The highest BCUT2D eigenvalue weighted by molar-refractivity contribution is 4.70. The molecule has 0 aliphatic carbocycles. The van der Waals surface area contributed by atoms with E-state index in [4.69, 9.17) is 0 Å². The van der Waals surface area contributed by atoms with Crippen LogP contribution in [-0.2, 0) is 0 Å². The van der Waals surface area contributed by atoms with Crippen molar-refractivity contribution >= 4 is 0 Å². The largest absolute Gasteiger partial charge is 0.314 e. The van der Waals surface area contributed by atoms with Gasteiger partial charge in [0.1, 0.15) is 0 Å². The van der Waals surface area contributed by atoms with Crippen LogP contribution in [0.3, 0.4) is 0 Å². The van der Waals surface area contributed by atoms with Crippen LogP contribution < -0.4 is 5.32 Å². The molecular formula is C22H47N. The highest BCUT2D eigenvalue weighted by Gasteiger charge is 2.11. The Bertz CT molecular complexity index is 212. The average Bonchev–Trinajstić information content (AvgIpc) is 2.54. The third-order valence-electron chi connectivity index (χ3n) is 5.08. The van der Waals surface area contributed by atoms with Gasteiger partial charge in [-0.1, -0.05) is 111 Å². The zero-order valence-electron chi connectivity index (χ0n) is 17.0. The van der Waals surface area contributed by atoms with Gasteiger partial charge < -0.3 is 5.32 Å². The van der Waals surface area contributed by atoms with Crippen LogP contribution >= 0.6 is 0 Å². The molecule has 1 atom stereocenters. The molecule has 0 radical (unpaired) electrons. The summed E-state index contributed by atoms with van der Waals surface area (Å²) < 4.78 is 0. The standard InChI is InChI=1S/C22H47N/c1-5-7-8-9-10-11-12-13-14-15-16-17-18-19-22(21(3)4)23-20-6-2/h21-23H,5-20H2,1-4H3. The van der Waals surface area contributed by atoms with E-state index in [1.807, 2.05) is 0 Å². The van der Waals surface area contributed by atoms with Crippen LogP contribution in [0.25, 0.3) is 0 Å². The SMILES string of the molecule is CCCCCCCCCCCCCCCC(NCCC)C(C)C.